The molecule has 0 fully saturated rings. The Hall–Kier alpha value is -4.08. The Kier molecular flexibility index (Phi) is 6.93. The van der Waals surface area contributed by atoms with Gasteiger partial charge in [0.05, 0.1) is 11.3 Å². The number of halogens is 3. The second-order valence-electron chi connectivity index (χ2n) is 6.73. The predicted octanol–water partition coefficient (Wildman–Crippen LogP) is 3.87. The fourth-order valence-corrected chi connectivity index (χ4v) is 3.02. The lowest BCUT2D eigenvalue weighted by Gasteiger charge is -2.17. The molecule has 0 spiro atoms. The topological polar surface area (TPSA) is 126 Å². The van der Waals surface area contributed by atoms with E-state index < -0.39 is 17.9 Å². The normalized spacial score (nSPS) is 12.0. The molecule has 1 aromatic carbocycles. The zero-order valence-electron chi connectivity index (χ0n) is 17.1. The van der Waals surface area contributed by atoms with Crippen LogP contribution in [0, 0.1) is 12.7 Å². The lowest BCUT2D eigenvalue weighted by atomic mass is 9.99. The molecule has 32 heavy (non-hydrogen) atoms. The van der Waals surface area contributed by atoms with Crippen molar-refractivity contribution in [3.8, 4) is 28.3 Å². The van der Waals surface area contributed by atoms with Crippen molar-refractivity contribution in [3.05, 3.63) is 77.7 Å². The number of aryl methyl sites for hydroxylation is 1. The van der Waals surface area contributed by atoms with Gasteiger partial charge in [-0.3, -0.25) is 4.98 Å². The number of alkyl halides is 2. The van der Waals surface area contributed by atoms with Crippen LogP contribution in [0.4, 0.5) is 19.1 Å². The Morgan fingerprint density at radius 2 is 1.78 bits per heavy atom. The average Bonchev–Trinajstić information content (AvgIpc) is 2.76. The SMILES string of the molecule is Cc1cc(-c2c(OCC(/C=C\N)=C/N)nc(N)nc2-c2ccc(F)cc2)cc(C(F)F)n1. The number of aromatic nitrogens is 3. The highest BCUT2D eigenvalue weighted by Gasteiger charge is 2.21. The molecule has 0 radical (unpaired) electrons. The number of nitrogens with two attached hydrogens (primary N) is 3. The lowest BCUT2D eigenvalue weighted by molar-refractivity contribution is 0.146. The minimum Gasteiger partial charge on any atom is -0.472 e. The summed E-state index contributed by atoms with van der Waals surface area (Å²) in [6.07, 6.45) is 1.35. The summed E-state index contributed by atoms with van der Waals surface area (Å²) in [4.78, 5) is 12.3. The number of rotatable bonds is 7. The summed E-state index contributed by atoms with van der Waals surface area (Å²) in [6, 6.07) is 8.32. The van der Waals surface area contributed by atoms with Crippen molar-refractivity contribution in [1.82, 2.24) is 15.0 Å². The number of hydrogen-bond acceptors (Lipinski definition) is 7. The summed E-state index contributed by atoms with van der Waals surface area (Å²) in [5.74, 6) is -0.525. The van der Waals surface area contributed by atoms with Gasteiger partial charge in [-0.15, -0.1) is 0 Å². The van der Waals surface area contributed by atoms with E-state index in [0.717, 1.165) is 0 Å². The molecule has 2 aromatic heterocycles. The number of nitrogens with zero attached hydrogens (tertiary/aromatic N) is 3. The fraction of sp³-hybridized carbons (Fsp3) is 0.136. The van der Waals surface area contributed by atoms with E-state index >= 15 is 0 Å². The molecule has 0 bridgehead atoms. The molecular weight excluding hydrogens is 421 g/mol. The van der Waals surface area contributed by atoms with Crippen molar-refractivity contribution in [1.29, 1.82) is 0 Å². The minimum absolute atomic E-state index is 0.0255. The van der Waals surface area contributed by atoms with Gasteiger partial charge in [0.2, 0.25) is 11.8 Å². The molecule has 3 rings (SSSR count). The molecular formula is C22H21F3N6O. The van der Waals surface area contributed by atoms with Gasteiger partial charge in [-0.1, -0.05) is 0 Å². The first-order chi connectivity index (χ1) is 15.3. The second-order valence-corrected chi connectivity index (χ2v) is 6.73. The standard InChI is InChI=1S/C22H21F3N6O/c1-12-8-15(9-17(29-12)20(24)25)18-19(14-2-4-16(23)5-3-14)30-22(28)31-21(18)32-11-13(10-27)6-7-26/h2-10,20H,11,26-27H2,1H3,(H2,28,30,31)/b7-6-,13-10+. The quantitative estimate of drug-likeness (QED) is 0.474. The van der Waals surface area contributed by atoms with Gasteiger partial charge in [0.15, 0.2) is 0 Å². The van der Waals surface area contributed by atoms with E-state index in [-0.39, 0.29) is 24.1 Å². The molecule has 0 saturated heterocycles. The van der Waals surface area contributed by atoms with Crippen LogP contribution >= 0.6 is 0 Å². The number of nitrogen functional groups attached to an aromatic ring is 1. The van der Waals surface area contributed by atoms with Gasteiger partial charge in [-0.05, 0) is 61.2 Å². The van der Waals surface area contributed by atoms with Gasteiger partial charge >= 0.3 is 0 Å². The van der Waals surface area contributed by atoms with Crippen molar-refractivity contribution < 1.29 is 17.9 Å². The molecule has 0 saturated carbocycles. The monoisotopic (exact) mass is 442 g/mol. The van der Waals surface area contributed by atoms with Gasteiger partial charge in [0, 0.05) is 23.0 Å². The molecule has 2 heterocycles. The molecule has 0 amide bonds. The van der Waals surface area contributed by atoms with Crippen LogP contribution in [0.3, 0.4) is 0 Å². The van der Waals surface area contributed by atoms with Gasteiger partial charge < -0.3 is 21.9 Å². The summed E-state index contributed by atoms with van der Waals surface area (Å²) < 4.78 is 46.2. The highest BCUT2D eigenvalue weighted by atomic mass is 19.3. The van der Waals surface area contributed by atoms with E-state index in [2.05, 4.69) is 15.0 Å². The Bertz CT molecular complexity index is 1160. The van der Waals surface area contributed by atoms with Gasteiger partial charge in [0.25, 0.3) is 6.43 Å². The maximum absolute atomic E-state index is 13.5. The zero-order chi connectivity index (χ0) is 23.3. The van der Waals surface area contributed by atoms with Crippen LogP contribution in [0.25, 0.3) is 22.4 Å². The van der Waals surface area contributed by atoms with E-state index in [9.17, 15) is 13.2 Å². The van der Waals surface area contributed by atoms with Crippen LogP contribution in [0.1, 0.15) is 17.8 Å². The van der Waals surface area contributed by atoms with E-state index in [1.165, 1.54) is 48.8 Å². The van der Waals surface area contributed by atoms with Crippen molar-refractivity contribution in [2.45, 2.75) is 13.3 Å². The Morgan fingerprint density at radius 1 is 1.06 bits per heavy atom. The number of ether oxygens (including phenoxy) is 1. The minimum atomic E-state index is -2.79. The third-order valence-electron chi connectivity index (χ3n) is 4.40. The van der Waals surface area contributed by atoms with Crippen LogP contribution in [0.2, 0.25) is 0 Å². The third kappa shape index (κ3) is 5.15. The largest absolute Gasteiger partial charge is 0.472 e. The van der Waals surface area contributed by atoms with Gasteiger partial charge in [-0.2, -0.15) is 4.98 Å². The maximum atomic E-state index is 13.5. The smallest absolute Gasteiger partial charge is 0.280 e. The Balaban J connectivity index is 2.24. The maximum Gasteiger partial charge on any atom is 0.280 e. The molecule has 0 aliphatic heterocycles. The molecule has 0 aliphatic rings. The summed E-state index contributed by atoms with van der Waals surface area (Å²) >= 11 is 0. The van der Waals surface area contributed by atoms with Crippen molar-refractivity contribution in [2.75, 3.05) is 12.3 Å². The highest BCUT2D eigenvalue weighted by Crippen LogP contribution is 2.39. The molecule has 0 atom stereocenters. The van der Waals surface area contributed by atoms with E-state index in [1.807, 2.05) is 0 Å². The summed E-state index contributed by atoms with van der Waals surface area (Å²) in [5.41, 5.74) is 18.8. The van der Waals surface area contributed by atoms with Crippen molar-refractivity contribution in [3.63, 3.8) is 0 Å². The van der Waals surface area contributed by atoms with Gasteiger partial charge in [-0.25, -0.2) is 18.2 Å². The first-order valence-corrected chi connectivity index (χ1v) is 9.44. The second kappa shape index (κ2) is 9.82. The van der Waals surface area contributed by atoms with Crippen molar-refractivity contribution in [2.24, 2.45) is 11.5 Å². The molecule has 0 aliphatic carbocycles. The molecule has 10 heteroatoms. The summed E-state index contributed by atoms with van der Waals surface area (Å²) in [5, 5.41) is 0. The number of anilines is 1. The zero-order valence-corrected chi connectivity index (χ0v) is 17.1. The third-order valence-corrected chi connectivity index (χ3v) is 4.40. The Labute approximate surface area is 182 Å². The van der Waals surface area contributed by atoms with Crippen LogP contribution < -0.4 is 21.9 Å². The summed E-state index contributed by atoms with van der Waals surface area (Å²) in [6.45, 7) is 1.56. The molecule has 7 nitrogen and oxygen atoms in total. The molecule has 6 N–H and O–H groups in total. The van der Waals surface area contributed by atoms with E-state index in [4.69, 9.17) is 21.9 Å². The van der Waals surface area contributed by atoms with E-state index in [1.54, 1.807) is 13.0 Å². The van der Waals surface area contributed by atoms with Crippen LogP contribution in [-0.4, -0.2) is 21.6 Å². The lowest BCUT2D eigenvalue weighted by Crippen LogP contribution is -2.09. The average molecular weight is 442 g/mol. The molecule has 166 valence electrons. The van der Waals surface area contributed by atoms with Crippen molar-refractivity contribution >= 4 is 5.95 Å². The number of pyridine rings is 1. The fourth-order valence-electron chi connectivity index (χ4n) is 3.02. The molecule has 0 unspecified atom stereocenters. The first-order valence-electron chi connectivity index (χ1n) is 9.44. The molecule has 3 aromatic rings. The highest BCUT2D eigenvalue weighted by molar-refractivity contribution is 5.85. The summed E-state index contributed by atoms with van der Waals surface area (Å²) in [7, 11) is 0. The van der Waals surface area contributed by atoms with Crippen LogP contribution in [-0.2, 0) is 0 Å². The number of hydrogen-bond donors (Lipinski definition) is 3. The van der Waals surface area contributed by atoms with Gasteiger partial charge in [0.1, 0.15) is 18.1 Å². The number of benzene rings is 1. The predicted molar refractivity (Wildman–Crippen MR) is 116 cm³/mol. The van der Waals surface area contributed by atoms with Crippen LogP contribution in [0.5, 0.6) is 5.88 Å². The van der Waals surface area contributed by atoms with Crippen LogP contribution in [0.15, 0.2) is 60.4 Å². The Morgan fingerprint density at radius 3 is 2.41 bits per heavy atom. The first kappa shape index (κ1) is 22.6. The van der Waals surface area contributed by atoms with E-state index in [0.29, 0.717) is 28.0 Å².